The molecule has 1 aromatic carbocycles. The summed E-state index contributed by atoms with van der Waals surface area (Å²) in [7, 11) is 0. The molecule has 0 spiro atoms. The van der Waals surface area contributed by atoms with Crippen molar-refractivity contribution in [2.75, 3.05) is 13.1 Å². The lowest BCUT2D eigenvalue weighted by molar-refractivity contribution is 0.0703. The molecule has 1 atom stereocenters. The topological polar surface area (TPSA) is 76.5 Å². The van der Waals surface area contributed by atoms with E-state index in [4.69, 9.17) is 10.2 Å². The van der Waals surface area contributed by atoms with Gasteiger partial charge in [0.25, 0.3) is 5.91 Å². The largest absolute Gasteiger partial charge is 0.427 e. The Bertz CT molecular complexity index is 798. The van der Waals surface area contributed by atoms with Crippen molar-refractivity contribution >= 4 is 5.91 Å². The molecule has 0 saturated carbocycles. The monoisotopic (exact) mass is 340 g/mol. The highest BCUT2D eigenvalue weighted by Gasteiger charge is 2.26. The fourth-order valence-electron chi connectivity index (χ4n) is 3.32. The molecule has 5 nitrogen and oxygen atoms in total. The van der Waals surface area contributed by atoms with Crippen molar-refractivity contribution in [3.05, 3.63) is 69.3 Å². The van der Waals surface area contributed by atoms with Crippen molar-refractivity contribution in [3.63, 3.8) is 0 Å². The molecule has 132 valence electrons. The van der Waals surface area contributed by atoms with E-state index in [0.29, 0.717) is 30.8 Å². The molecule has 2 aromatic rings. The predicted octanol–water partition coefficient (Wildman–Crippen LogP) is 2.30. The van der Waals surface area contributed by atoms with E-state index in [-0.39, 0.29) is 17.5 Å². The standard InChI is InChI=1S/C20H24N2O3/c1-14-12-17(10-9-15-6-3-2-4-7-15)25-20(24)18(14)19(23)22-11-5-8-16(21)13-22/h2-4,6-7,12,16H,5,8-11,13,21H2,1H3/t16-/m0/s1. The Kier molecular flexibility index (Phi) is 5.34. The smallest absolute Gasteiger partial charge is 0.349 e. The summed E-state index contributed by atoms with van der Waals surface area (Å²) < 4.78 is 5.42. The van der Waals surface area contributed by atoms with Crippen molar-refractivity contribution < 1.29 is 9.21 Å². The second-order valence-electron chi connectivity index (χ2n) is 6.70. The second kappa shape index (κ2) is 7.66. The number of likely N-dealkylation sites (tertiary alicyclic amines) is 1. The van der Waals surface area contributed by atoms with E-state index >= 15 is 0 Å². The Balaban J connectivity index is 1.76. The van der Waals surface area contributed by atoms with E-state index in [1.165, 1.54) is 5.56 Å². The molecule has 0 unspecified atom stereocenters. The van der Waals surface area contributed by atoms with E-state index < -0.39 is 5.63 Å². The number of rotatable bonds is 4. The Morgan fingerprint density at radius 3 is 2.72 bits per heavy atom. The number of hydrogen-bond acceptors (Lipinski definition) is 4. The zero-order chi connectivity index (χ0) is 17.8. The van der Waals surface area contributed by atoms with Crippen LogP contribution in [0, 0.1) is 6.92 Å². The lowest BCUT2D eigenvalue weighted by Crippen LogP contribution is -2.46. The van der Waals surface area contributed by atoms with Crippen LogP contribution in [0.4, 0.5) is 0 Å². The molecule has 2 N–H and O–H groups in total. The van der Waals surface area contributed by atoms with Gasteiger partial charge in [-0.05, 0) is 43.4 Å². The molecule has 1 saturated heterocycles. The van der Waals surface area contributed by atoms with Gasteiger partial charge in [0, 0.05) is 25.6 Å². The number of hydrogen-bond donors (Lipinski definition) is 1. The fourth-order valence-corrected chi connectivity index (χ4v) is 3.32. The molecule has 1 amide bonds. The first kappa shape index (κ1) is 17.4. The van der Waals surface area contributed by atoms with Gasteiger partial charge in [-0.1, -0.05) is 30.3 Å². The average molecular weight is 340 g/mol. The Morgan fingerprint density at radius 1 is 1.28 bits per heavy atom. The second-order valence-corrected chi connectivity index (χ2v) is 6.70. The van der Waals surface area contributed by atoms with Gasteiger partial charge in [0.15, 0.2) is 0 Å². The van der Waals surface area contributed by atoms with Crippen LogP contribution in [0.2, 0.25) is 0 Å². The van der Waals surface area contributed by atoms with Gasteiger partial charge < -0.3 is 15.1 Å². The highest BCUT2D eigenvalue weighted by atomic mass is 16.4. The van der Waals surface area contributed by atoms with E-state index in [1.54, 1.807) is 17.9 Å². The van der Waals surface area contributed by atoms with E-state index in [9.17, 15) is 9.59 Å². The predicted molar refractivity (Wildman–Crippen MR) is 96.7 cm³/mol. The van der Waals surface area contributed by atoms with E-state index in [0.717, 1.165) is 19.3 Å². The van der Waals surface area contributed by atoms with Crippen LogP contribution in [0.5, 0.6) is 0 Å². The van der Waals surface area contributed by atoms with Gasteiger partial charge in [0.1, 0.15) is 11.3 Å². The maximum Gasteiger partial charge on any atom is 0.349 e. The van der Waals surface area contributed by atoms with Gasteiger partial charge in [-0.3, -0.25) is 4.79 Å². The zero-order valence-electron chi connectivity index (χ0n) is 14.5. The first-order valence-electron chi connectivity index (χ1n) is 8.77. The summed E-state index contributed by atoms with van der Waals surface area (Å²) in [5.41, 5.74) is 7.38. The van der Waals surface area contributed by atoms with Crippen molar-refractivity contribution in [2.24, 2.45) is 5.73 Å². The summed E-state index contributed by atoms with van der Waals surface area (Å²) in [4.78, 5) is 26.7. The minimum absolute atomic E-state index is 0.0183. The molecular weight excluding hydrogens is 316 g/mol. The van der Waals surface area contributed by atoms with Crippen LogP contribution in [0.3, 0.4) is 0 Å². The molecular formula is C20H24N2O3. The van der Waals surface area contributed by atoms with E-state index in [1.807, 2.05) is 30.3 Å². The van der Waals surface area contributed by atoms with Gasteiger partial charge in [-0.15, -0.1) is 0 Å². The van der Waals surface area contributed by atoms with Gasteiger partial charge in [0.2, 0.25) is 0 Å². The molecule has 0 bridgehead atoms. The first-order chi connectivity index (χ1) is 12.0. The minimum Gasteiger partial charge on any atom is -0.427 e. The first-order valence-corrected chi connectivity index (χ1v) is 8.77. The quantitative estimate of drug-likeness (QED) is 0.926. The summed E-state index contributed by atoms with van der Waals surface area (Å²) in [5.74, 6) is 0.342. The number of carbonyl (C=O) groups excluding carboxylic acids is 1. The molecule has 1 aliphatic heterocycles. The van der Waals surface area contributed by atoms with Crippen LogP contribution in [0.25, 0.3) is 0 Å². The van der Waals surface area contributed by atoms with Crippen molar-refractivity contribution in [2.45, 2.75) is 38.6 Å². The molecule has 1 fully saturated rings. The maximum atomic E-state index is 12.7. The summed E-state index contributed by atoms with van der Waals surface area (Å²) in [6, 6.07) is 11.8. The number of piperidine rings is 1. The zero-order valence-corrected chi connectivity index (χ0v) is 14.5. The minimum atomic E-state index is -0.549. The molecule has 0 aliphatic carbocycles. The fraction of sp³-hybridized carbons (Fsp3) is 0.400. The van der Waals surface area contributed by atoms with Crippen LogP contribution < -0.4 is 11.4 Å². The van der Waals surface area contributed by atoms with Crippen LogP contribution in [-0.2, 0) is 12.8 Å². The SMILES string of the molecule is Cc1cc(CCc2ccccc2)oc(=O)c1C(=O)N1CCC[C@H](N)C1. The molecule has 3 rings (SSSR count). The molecule has 2 heterocycles. The van der Waals surface area contributed by atoms with Crippen LogP contribution in [-0.4, -0.2) is 29.9 Å². The molecule has 25 heavy (non-hydrogen) atoms. The molecule has 0 radical (unpaired) electrons. The lowest BCUT2D eigenvalue weighted by Gasteiger charge is -2.30. The van der Waals surface area contributed by atoms with Gasteiger partial charge in [-0.2, -0.15) is 0 Å². The summed E-state index contributed by atoms with van der Waals surface area (Å²) in [6.45, 7) is 2.93. The van der Waals surface area contributed by atoms with Crippen LogP contribution >= 0.6 is 0 Å². The van der Waals surface area contributed by atoms with Gasteiger partial charge in [-0.25, -0.2) is 4.79 Å². The molecule has 1 aliphatic rings. The number of amides is 1. The highest BCUT2D eigenvalue weighted by Crippen LogP contribution is 2.15. The molecule has 1 aromatic heterocycles. The third-order valence-corrected chi connectivity index (χ3v) is 4.66. The van der Waals surface area contributed by atoms with Crippen molar-refractivity contribution in [3.8, 4) is 0 Å². The Labute approximate surface area is 147 Å². The highest BCUT2D eigenvalue weighted by molar-refractivity contribution is 5.95. The van der Waals surface area contributed by atoms with E-state index in [2.05, 4.69) is 0 Å². The summed E-state index contributed by atoms with van der Waals surface area (Å²) in [6.07, 6.45) is 3.20. The third-order valence-electron chi connectivity index (χ3n) is 4.66. The third kappa shape index (κ3) is 4.17. The number of aryl methyl sites for hydroxylation is 3. The van der Waals surface area contributed by atoms with Crippen molar-refractivity contribution in [1.82, 2.24) is 4.90 Å². The average Bonchev–Trinajstić information content (AvgIpc) is 2.60. The lowest BCUT2D eigenvalue weighted by atomic mass is 10.0. The van der Waals surface area contributed by atoms with Crippen molar-refractivity contribution in [1.29, 1.82) is 0 Å². The number of benzene rings is 1. The maximum absolute atomic E-state index is 12.7. The molecule has 5 heteroatoms. The summed E-state index contributed by atoms with van der Waals surface area (Å²) >= 11 is 0. The van der Waals surface area contributed by atoms with Crippen LogP contribution in [0.15, 0.2) is 45.6 Å². The number of nitrogens with zero attached hydrogens (tertiary/aromatic N) is 1. The van der Waals surface area contributed by atoms with Crippen LogP contribution in [0.1, 0.15) is 40.1 Å². The Hall–Kier alpha value is -2.40. The number of nitrogens with two attached hydrogens (primary N) is 1. The van der Waals surface area contributed by atoms with Gasteiger partial charge >= 0.3 is 5.63 Å². The van der Waals surface area contributed by atoms with Gasteiger partial charge in [0.05, 0.1) is 0 Å². The Morgan fingerprint density at radius 2 is 2.04 bits per heavy atom. The summed E-state index contributed by atoms with van der Waals surface area (Å²) in [5, 5.41) is 0. The number of carbonyl (C=O) groups is 1. The normalized spacial score (nSPS) is 17.5.